The Bertz CT molecular complexity index is 400. The number of piperidine rings is 1. The van der Waals surface area contributed by atoms with Gasteiger partial charge in [-0.3, -0.25) is 4.79 Å². The Labute approximate surface area is 115 Å². The van der Waals surface area contributed by atoms with Crippen LogP contribution in [0.15, 0.2) is 9.85 Å². The van der Waals surface area contributed by atoms with Gasteiger partial charge in [0.15, 0.2) is 0 Å². The van der Waals surface area contributed by atoms with Crippen LogP contribution in [0.3, 0.4) is 0 Å². The van der Waals surface area contributed by atoms with E-state index in [1.54, 1.807) is 11.3 Å². The monoisotopic (exact) mass is 315 g/mol. The van der Waals surface area contributed by atoms with Crippen molar-refractivity contribution in [2.24, 2.45) is 0 Å². The number of amides is 1. The van der Waals surface area contributed by atoms with Gasteiger partial charge in [-0.15, -0.1) is 11.3 Å². The zero-order valence-electron chi connectivity index (χ0n) is 10.5. The molecule has 1 amide bonds. The molecule has 1 aromatic rings. The molecule has 94 valence electrons. The number of likely N-dealkylation sites (tertiary alicyclic amines) is 1. The van der Waals surface area contributed by atoms with Gasteiger partial charge in [-0.05, 0) is 67.6 Å². The molecule has 0 aromatic carbocycles. The summed E-state index contributed by atoms with van der Waals surface area (Å²) in [6, 6.07) is 2.73. The molecule has 2 heterocycles. The average molecular weight is 316 g/mol. The molecule has 0 radical (unpaired) electrons. The minimum Gasteiger partial charge on any atom is -0.333 e. The van der Waals surface area contributed by atoms with E-state index in [4.69, 9.17) is 0 Å². The molecule has 0 spiro atoms. The second-order valence-corrected chi connectivity index (χ2v) is 7.28. The second-order valence-electron chi connectivity index (χ2n) is 4.91. The van der Waals surface area contributed by atoms with Crippen molar-refractivity contribution in [3.05, 3.63) is 20.3 Å². The van der Waals surface area contributed by atoms with E-state index >= 15 is 0 Å². The number of rotatable bonds is 1. The van der Waals surface area contributed by atoms with Crippen LogP contribution in [0, 0.1) is 6.92 Å². The molecule has 17 heavy (non-hydrogen) atoms. The Morgan fingerprint density at radius 3 is 2.47 bits per heavy atom. The van der Waals surface area contributed by atoms with Crippen molar-refractivity contribution in [2.75, 3.05) is 0 Å². The van der Waals surface area contributed by atoms with Gasteiger partial charge in [-0.1, -0.05) is 0 Å². The molecule has 1 aromatic heterocycles. The molecule has 0 aliphatic carbocycles. The molecule has 0 N–H and O–H groups in total. The predicted molar refractivity (Wildman–Crippen MR) is 75.7 cm³/mol. The lowest BCUT2D eigenvalue weighted by atomic mass is 9.97. The van der Waals surface area contributed by atoms with E-state index in [1.165, 1.54) is 6.42 Å². The number of hydrogen-bond acceptors (Lipinski definition) is 2. The van der Waals surface area contributed by atoms with Crippen molar-refractivity contribution >= 4 is 33.2 Å². The van der Waals surface area contributed by atoms with E-state index in [0.29, 0.717) is 12.1 Å². The number of carbonyl (C=O) groups excluding carboxylic acids is 1. The largest absolute Gasteiger partial charge is 0.333 e. The van der Waals surface area contributed by atoms with Crippen LogP contribution in [0.2, 0.25) is 0 Å². The first-order valence-electron chi connectivity index (χ1n) is 6.09. The van der Waals surface area contributed by atoms with Gasteiger partial charge in [0.2, 0.25) is 0 Å². The summed E-state index contributed by atoms with van der Waals surface area (Å²) in [5, 5.41) is 0. The van der Waals surface area contributed by atoms with Crippen LogP contribution in [0.4, 0.5) is 0 Å². The predicted octanol–water partition coefficient (Wildman–Crippen LogP) is 4.22. The Balaban J connectivity index is 2.23. The molecule has 2 atom stereocenters. The van der Waals surface area contributed by atoms with Gasteiger partial charge in [0.05, 0.1) is 8.66 Å². The molecular weight excluding hydrogens is 298 g/mol. The minimum atomic E-state index is 0.198. The summed E-state index contributed by atoms with van der Waals surface area (Å²) < 4.78 is 1.07. The highest BCUT2D eigenvalue weighted by Gasteiger charge is 2.30. The Kier molecular flexibility index (Phi) is 3.93. The maximum absolute atomic E-state index is 12.5. The molecule has 2 rings (SSSR count). The second kappa shape index (κ2) is 5.11. The van der Waals surface area contributed by atoms with Crippen molar-refractivity contribution in [2.45, 2.75) is 52.1 Å². The van der Waals surface area contributed by atoms with Crippen molar-refractivity contribution < 1.29 is 4.79 Å². The number of thiophene rings is 1. The van der Waals surface area contributed by atoms with Crippen LogP contribution >= 0.6 is 27.3 Å². The first-order valence-corrected chi connectivity index (χ1v) is 7.70. The lowest BCUT2D eigenvalue weighted by Crippen LogP contribution is -2.47. The van der Waals surface area contributed by atoms with Crippen molar-refractivity contribution in [3.63, 3.8) is 0 Å². The molecule has 1 saturated heterocycles. The van der Waals surface area contributed by atoms with Crippen molar-refractivity contribution in [1.82, 2.24) is 4.90 Å². The van der Waals surface area contributed by atoms with E-state index in [2.05, 4.69) is 34.7 Å². The zero-order chi connectivity index (χ0) is 12.6. The number of halogens is 1. The smallest absolute Gasteiger partial charge is 0.264 e. The summed E-state index contributed by atoms with van der Waals surface area (Å²) in [4.78, 5) is 15.4. The SMILES string of the molecule is Cc1cc(C(=O)N2[C@H](C)CCC[C@@H]2C)sc1Br. The molecule has 1 fully saturated rings. The third-order valence-corrected chi connectivity index (χ3v) is 5.62. The third kappa shape index (κ3) is 2.58. The summed E-state index contributed by atoms with van der Waals surface area (Å²) in [6.07, 6.45) is 3.49. The Morgan fingerprint density at radius 2 is 2.00 bits per heavy atom. The van der Waals surface area contributed by atoms with Crippen molar-refractivity contribution in [1.29, 1.82) is 0 Å². The molecule has 0 unspecified atom stereocenters. The van der Waals surface area contributed by atoms with Crippen LogP contribution in [0.5, 0.6) is 0 Å². The molecule has 0 bridgehead atoms. The fourth-order valence-electron chi connectivity index (χ4n) is 2.51. The summed E-state index contributed by atoms with van der Waals surface area (Å²) >= 11 is 5.03. The van der Waals surface area contributed by atoms with Crippen LogP contribution in [0.25, 0.3) is 0 Å². The zero-order valence-corrected chi connectivity index (χ0v) is 12.9. The average Bonchev–Trinajstić information content (AvgIpc) is 2.59. The highest BCUT2D eigenvalue weighted by Crippen LogP contribution is 2.31. The Hall–Kier alpha value is -0.350. The molecule has 1 aliphatic rings. The molecule has 1 aliphatic heterocycles. The van der Waals surface area contributed by atoms with E-state index in [0.717, 1.165) is 27.1 Å². The summed E-state index contributed by atoms with van der Waals surface area (Å²) in [7, 11) is 0. The third-order valence-electron chi connectivity index (χ3n) is 3.50. The lowest BCUT2D eigenvalue weighted by molar-refractivity contribution is 0.0516. The lowest BCUT2D eigenvalue weighted by Gasteiger charge is -2.38. The number of carbonyl (C=O) groups is 1. The van der Waals surface area contributed by atoms with E-state index in [9.17, 15) is 4.79 Å². The molecule has 4 heteroatoms. The van der Waals surface area contributed by atoms with Gasteiger partial charge in [-0.25, -0.2) is 0 Å². The fraction of sp³-hybridized carbons (Fsp3) is 0.615. The standard InChI is InChI=1S/C13H18BrNOS/c1-8-7-11(17-12(8)14)13(16)15-9(2)5-4-6-10(15)3/h7,9-10H,4-6H2,1-3H3/t9-,10+. The molecular formula is C13H18BrNOS. The molecule has 0 saturated carbocycles. The van der Waals surface area contributed by atoms with Gasteiger partial charge in [-0.2, -0.15) is 0 Å². The van der Waals surface area contributed by atoms with E-state index < -0.39 is 0 Å². The van der Waals surface area contributed by atoms with Crippen molar-refractivity contribution in [3.8, 4) is 0 Å². The van der Waals surface area contributed by atoms with Gasteiger partial charge in [0.1, 0.15) is 0 Å². The fourth-order valence-corrected chi connectivity index (χ4v) is 3.99. The summed E-state index contributed by atoms with van der Waals surface area (Å²) in [6.45, 7) is 6.34. The maximum atomic E-state index is 12.5. The number of nitrogens with zero attached hydrogens (tertiary/aromatic N) is 1. The van der Waals surface area contributed by atoms with Gasteiger partial charge in [0.25, 0.3) is 5.91 Å². The van der Waals surface area contributed by atoms with Crippen LogP contribution in [0.1, 0.15) is 48.3 Å². The van der Waals surface area contributed by atoms with Gasteiger partial charge < -0.3 is 4.90 Å². The summed E-state index contributed by atoms with van der Waals surface area (Å²) in [5.74, 6) is 0.198. The maximum Gasteiger partial charge on any atom is 0.264 e. The highest BCUT2D eigenvalue weighted by molar-refractivity contribution is 9.11. The van der Waals surface area contributed by atoms with Crippen LogP contribution < -0.4 is 0 Å². The number of hydrogen-bond donors (Lipinski definition) is 0. The normalized spacial score (nSPS) is 25.1. The van der Waals surface area contributed by atoms with E-state index in [-0.39, 0.29) is 5.91 Å². The molecule has 2 nitrogen and oxygen atoms in total. The first kappa shape index (κ1) is 13.1. The highest BCUT2D eigenvalue weighted by atomic mass is 79.9. The topological polar surface area (TPSA) is 20.3 Å². The van der Waals surface area contributed by atoms with Gasteiger partial charge in [0, 0.05) is 12.1 Å². The first-order chi connectivity index (χ1) is 8.00. The van der Waals surface area contributed by atoms with Crippen LogP contribution in [-0.2, 0) is 0 Å². The van der Waals surface area contributed by atoms with E-state index in [1.807, 2.05) is 13.0 Å². The van der Waals surface area contributed by atoms with Gasteiger partial charge >= 0.3 is 0 Å². The quantitative estimate of drug-likeness (QED) is 0.759. The minimum absolute atomic E-state index is 0.198. The number of aryl methyl sites for hydroxylation is 1. The summed E-state index contributed by atoms with van der Waals surface area (Å²) in [5.41, 5.74) is 1.15. The van der Waals surface area contributed by atoms with Crippen LogP contribution in [-0.4, -0.2) is 22.9 Å². The Morgan fingerprint density at radius 1 is 1.41 bits per heavy atom.